The second-order valence-electron chi connectivity index (χ2n) is 5.51. The molecule has 3 rings (SSSR count). The number of rotatable bonds is 2. The molecule has 5 heteroatoms. The summed E-state index contributed by atoms with van der Waals surface area (Å²) < 4.78 is 2.25. The minimum absolute atomic E-state index is 0.229. The number of likely N-dealkylation sites (tertiary alicyclic amines) is 1. The second kappa shape index (κ2) is 4.97. The van der Waals surface area contributed by atoms with Crippen molar-refractivity contribution in [2.24, 2.45) is 0 Å². The molecule has 2 aliphatic rings. The summed E-state index contributed by atoms with van der Waals surface area (Å²) in [5.74, 6) is 2.64. The summed E-state index contributed by atoms with van der Waals surface area (Å²) in [6.07, 6.45) is 3.74. The average Bonchev–Trinajstić information content (AvgIpc) is 2.81. The van der Waals surface area contributed by atoms with Crippen LogP contribution in [-0.4, -0.2) is 50.5 Å². The molecular weight excluding hydrogens is 228 g/mol. The molecule has 18 heavy (non-hydrogen) atoms. The second-order valence-corrected chi connectivity index (χ2v) is 5.51. The summed E-state index contributed by atoms with van der Waals surface area (Å²) in [7, 11) is 0. The predicted octanol–water partition coefficient (Wildman–Crippen LogP) is 0.784. The molecule has 0 radical (unpaired) electrons. The van der Waals surface area contributed by atoms with Gasteiger partial charge in [-0.05, 0) is 32.4 Å². The van der Waals surface area contributed by atoms with Crippen LogP contribution in [0.5, 0.6) is 0 Å². The molecular formula is C13H22N4O. The number of nitrogens with zero attached hydrogens (tertiary/aromatic N) is 4. The Balaban J connectivity index is 1.80. The molecule has 0 bridgehead atoms. The Morgan fingerprint density at radius 1 is 1.28 bits per heavy atom. The lowest BCUT2D eigenvalue weighted by molar-refractivity contribution is 0.139. The summed E-state index contributed by atoms with van der Waals surface area (Å²) in [6.45, 7) is 6.54. The first-order valence-corrected chi connectivity index (χ1v) is 7.10. The van der Waals surface area contributed by atoms with E-state index in [1.165, 1.54) is 19.4 Å². The maximum absolute atomic E-state index is 9.67. The highest BCUT2D eigenvalue weighted by Gasteiger charge is 2.28. The van der Waals surface area contributed by atoms with Crippen molar-refractivity contribution in [2.75, 3.05) is 19.6 Å². The molecule has 2 unspecified atom stereocenters. The third kappa shape index (κ3) is 2.17. The maximum Gasteiger partial charge on any atom is 0.137 e. The van der Waals surface area contributed by atoms with E-state index < -0.39 is 0 Å². The predicted molar refractivity (Wildman–Crippen MR) is 68.4 cm³/mol. The Morgan fingerprint density at radius 3 is 3.00 bits per heavy atom. The van der Waals surface area contributed by atoms with E-state index in [9.17, 15) is 5.11 Å². The first kappa shape index (κ1) is 12.1. The Kier molecular flexibility index (Phi) is 3.35. The van der Waals surface area contributed by atoms with E-state index in [0.29, 0.717) is 12.3 Å². The normalized spacial score (nSPS) is 29.2. The van der Waals surface area contributed by atoms with Gasteiger partial charge in [0.2, 0.25) is 0 Å². The van der Waals surface area contributed by atoms with Gasteiger partial charge in [0, 0.05) is 25.4 Å². The third-order valence-corrected chi connectivity index (χ3v) is 4.28. The molecule has 0 aromatic carbocycles. The number of likely N-dealkylation sites (N-methyl/N-ethyl adjacent to an activating group) is 1. The van der Waals surface area contributed by atoms with Crippen LogP contribution in [0.3, 0.4) is 0 Å². The van der Waals surface area contributed by atoms with Crippen molar-refractivity contribution in [3.63, 3.8) is 0 Å². The van der Waals surface area contributed by atoms with Crippen LogP contribution in [0, 0.1) is 0 Å². The van der Waals surface area contributed by atoms with Crippen molar-refractivity contribution >= 4 is 0 Å². The zero-order chi connectivity index (χ0) is 12.5. The highest BCUT2D eigenvalue weighted by Crippen LogP contribution is 2.27. The summed E-state index contributed by atoms with van der Waals surface area (Å²) in [5.41, 5.74) is 0. The van der Waals surface area contributed by atoms with Gasteiger partial charge >= 0.3 is 0 Å². The van der Waals surface area contributed by atoms with E-state index in [-0.39, 0.29) is 6.10 Å². The smallest absolute Gasteiger partial charge is 0.137 e. The minimum atomic E-state index is -0.229. The summed E-state index contributed by atoms with van der Waals surface area (Å²) >= 11 is 0. The first-order valence-electron chi connectivity index (χ1n) is 7.10. The SMILES string of the molecule is CCN1CCCC(c2nnc3n2CCC(O)C3)C1. The Morgan fingerprint density at radius 2 is 2.17 bits per heavy atom. The number of fused-ring (bicyclic) bond motifs is 1. The number of aromatic nitrogens is 3. The molecule has 100 valence electrons. The van der Waals surface area contributed by atoms with E-state index in [1.807, 2.05) is 0 Å². The van der Waals surface area contributed by atoms with Gasteiger partial charge in [0.05, 0.1) is 6.10 Å². The lowest BCUT2D eigenvalue weighted by Gasteiger charge is -2.32. The number of piperidine rings is 1. The number of hydrogen-bond donors (Lipinski definition) is 1. The topological polar surface area (TPSA) is 54.2 Å². The van der Waals surface area contributed by atoms with Gasteiger partial charge in [-0.3, -0.25) is 0 Å². The highest BCUT2D eigenvalue weighted by molar-refractivity contribution is 5.07. The van der Waals surface area contributed by atoms with Crippen LogP contribution < -0.4 is 0 Å². The van der Waals surface area contributed by atoms with Crippen LogP contribution >= 0.6 is 0 Å². The van der Waals surface area contributed by atoms with Crippen LogP contribution in [0.2, 0.25) is 0 Å². The quantitative estimate of drug-likeness (QED) is 0.843. The van der Waals surface area contributed by atoms with E-state index in [1.54, 1.807) is 0 Å². The summed E-state index contributed by atoms with van der Waals surface area (Å²) in [5, 5.41) is 18.3. The fraction of sp³-hybridized carbons (Fsp3) is 0.846. The van der Waals surface area contributed by atoms with Gasteiger partial charge in [-0.1, -0.05) is 6.92 Å². The largest absolute Gasteiger partial charge is 0.393 e. The van der Waals surface area contributed by atoms with Crippen molar-refractivity contribution in [2.45, 2.75) is 51.2 Å². The summed E-state index contributed by atoms with van der Waals surface area (Å²) in [4.78, 5) is 2.49. The molecule has 0 aliphatic carbocycles. The van der Waals surface area contributed by atoms with Crippen LogP contribution in [0.15, 0.2) is 0 Å². The average molecular weight is 250 g/mol. The Hall–Kier alpha value is -0.940. The molecule has 5 nitrogen and oxygen atoms in total. The molecule has 2 aliphatic heterocycles. The lowest BCUT2D eigenvalue weighted by Crippen LogP contribution is -2.35. The molecule has 0 amide bonds. The molecule has 3 heterocycles. The van der Waals surface area contributed by atoms with Crippen molar-refractivity contribution in [3.05, 3.63) is 11.6 Å². The summed E-state index contributed by atoms with van der Waals surface area (Å²) in [6, 6.07) is 0. The van der Waals surface area contributed by atoms with Crippen LogP contribution in [-0.2, 0) is 13.0 Å². The number of aliphatic hydroxyl groups is 1. The van der Waals surface area contributed by atoms with Gasteiger partial charge in [0.15, 0.2) is 0 Å². The minimum Gasteiger partial charge on any atom is -0.393 e. The van der Waals surface area contributed by atoms with Gasteiger partial charge in [-0.15, -0.1) is 10.2 Å². The van der Waals surface area contributed by atoms with E-state index in [0.717, 1.165) is 37.7 Å². The van der Waals surface area contributed by atoms with Gasteiger partial charge < -0.3 is 14.6 Å². The monoisotopic (exact) mass is 250 g/mol. The van der Waals surface area contributed by atoms with Gasteiger partial charge in [-0.25, -0.2) is 0 Å². The fourth-order valence-electron chi connectivity index (χ4n) is 3.19. The van der Waals surface area contributed by atoms with Gasteiger partial charge in [-0.2, -0.15) is 0 Å². The van der Waals surface area contributed by atoms with Crippen molar-refractivity contribution < 1.29 is 5.11 Å². The zero-order valence-electron chi connectivity index (χ0n) is 11.0. The van der Waals surface area contributed by atoms with Gasteiger partial charge in [0.1, 0.15) is 11.6 Å². The molecule has 1 fully saturated rings. The Bertz CT molecular complexity index is 417. The number of aliphatic hydroxyl groups excluding tert-OH is 1. The molecule has 1 N–H and O–H groups in total. The van der Waals surface area contributed by atoms with Crippen LogP contribution in [0.4, 0.5) is 0 Å². The standard InChI is InChI=1S/C13H22N4O/c1-2-16-6-3-4-10(9-16)13-15-14-12-8-11(18)5-7-17(12)13/h10-11,18H,2-9H2,1H3. The third-order valence-electron chi connectivity index (χ3n) is 4.28. The lowest BCUT2D eigenvalue weighted by atomic mass is 9.96. The zero-order valence-corrected chi connectivity index (χ0v) is 11.0. The molecule has 1 saturated heterocycles. The van der Waals surface area contributed by atoms with Gasteiger partial charge in [0.25, 0.3) is 0 Å². The van der Waals surface area contributed by atoms with E-state index in [4.69, 9.17) is 0 Å². The first-order chi connectivity index (χ1) is 8.78. The fourth-order valence-corrected chi connectivity index (χ4v) is 3.19. The molecule has 0 spiro atoms. The van der Waals surface area contributed by atoms with Crippen molar-refractivity contribution in [1.82, 2.24) is 19.7 Å². The van der Waals surface area contributed by atoms with Crippen LogP contribution in [0.1, 0.15) is 43.8 Å². The number of hydrogen-bond acceptors (Lipinski definition) is 4. The van der Waals surface area contributed by atoms with E-state index in [2.05, 4.69) is 26.6 Å². The maximum atomic E-state index is 9.67. The van der Waals surface area contributed by atoms with Crippen molar-refractivity contribution in [3.8, 4) is 0 Å². The van der Waals surface area contributed by atoms with Crippen molar-refractivity contribution in [1.29, 1.82) is 0 Å². The Labute approximate surface area is 108 Å². The molecule has 2 atom stereocenters. The highest BCUT2D eigenvalue weighted by atomic mass is 16.3. The van der Waals surface area contributed by atoms with E-state index >= 15 is 0 Å². The van der Waals surface area contributed by atoms with Crippen LogP contribution in [0.25, 0.3) is 0 Å². The molecule has 1 aromatic heterocycles. The molecule has 1 aromatic rings. The molecule has 0 saturated carbocycles.